The van der Waals surface area contributed by atoms with E-state index in [1.165, 1.54) is 6.92 Å². The molecule has 2 aromatic rings. The summed E-state index contributed by atoms with van der Waals surface area (Å²) in [7, 11) is 0. The van der Waals surface area contributed by atoms with E-state index in [1.807, 2.05) is 62.4 Å². The summed E-state index contributed by atoms with van der Waals surface area (Å²) < 4.78 is 0. The molecule has 164 valence electrons. The van der Waals surface area contributed by atoms with Crippen molar-refractivity contribution in [3.05, 3.63) is 59.7 Å². The van der Waals surface area contributed by atoms with E-state index in [4.69, 9.17) is 0 Å². The van der Waals surface area contributed by atoms with E-state index in [1.54, 1.807) is 4.90 Å². The first kappa shape index (κ1) is 22.5. The first-order valence-electron chi connectivity index (χ1n) is 10.8. The van der Waals surface area contributed by atoms with Crippen molar-refractivity contribution >= 4 is 29.1 Å². The van der Waals surface area contributed by atoms with Crippen LogP contribution in [0.1, 0.15) is 50.2 Å². The maximum Gasteiger partial charge on any atom is 0.250 e. The summed E-state index contributed by atoms with van der Waals surface area (Å²) in [6, 6.07) is 15.3. The van der Waals surface area contributed by atoms with E-state index in [-0.39, 0.29) is 24.3 Å². The Morgan fingerprint density at radius 2 is 1.42 bits per heavy atom. The van der Waals surface area contributed by atoms with E-state index in [0.29, 0.717) is 24.2 Å². The van der Waals surface area contributed by atoms with Crippen LogP contribution in [0, 0.1) is 13.8 Å². The van der Waals surface area contributed by atoms with Gasteiger partial charge in [0, 0.05) is 18.3 Å². The molecule has 0 aromatic heterocycles. The van der Waals surface area contributed by atoms with Crippen LogP contribution in [-0.2, 0) is 14.4 Å². The van der Waals surface area contributed by atoms with Gasteiger partial charge in [0.2, 0.25) is 11.8 Å². The number of carbonyl (C=O) groups excluding carboxylic acids is 3. The summed E-state index contributed by atoms with van der Waals surface area (Å²) in [6.07, 6.45) is 3.89. The van der Waals surface area contributed by atoms with Crippen LogP contribution >= 0.6 is 0 Å². The Morgan fingerprint density at radius 3 is 1.97 bits per heavy atom. The van der Waals surface area contributed by atoms with Gasteiger partial charge in [-0.25, -0.2) is 0 Å². The number of anilines is 2. The lowest BCUT2D eigenvalue weighted by molar-refractivity contribution is -0.128. The fourth-order valence-corrected chi connectivity index (χ4v) is 4.18. The van der Waals surface area contributed by atoms with Crippen molar-refractivity contribution < 1.29 is 14.4 Å². The quantitative estimate of drug-likeness (QED) is 0.737. The van der Waals surface area contributed by atoms with Gasteiger partial charge in [0.05, 0.1) is 6.54 Å². The molecule has 0 atom stereocenters. The van der Waals surface area contributed by atoms with E-state index in [9.17, 15) is 14.4 Å². The van der Waals surface area contributed by atoms with Crippen LogP contribution in [0.3, 0.4) is 0 Å². The Kier molecular flexibility index (Phi) is 7.10. The number of aryl methyl sites for hydroxylation is 2. The SMILES string of the molecule is CC(=O)NCC(=O)N(c1ccc(C)cc1)C1(C(=O)Nc2ccc(C)cc2)CCCCC1. The lowest BCUT2D eigenvalue weighted by Crippen LogP contribution is -2.62. The minimum atomic E-state index is -1.01. The molecule has 0 radical (unpaired) electrons. The molecule has 1 aliphatic carbocycles. The summed E-state index contributed by atoms with van der Waals surface area (Å²) in [4.78, 5) is 40.1. The predicted octanol–water partition coefficient (Wildman–Crippen LogP) is 4.11. The average Bonchev–Trinajstić information content (AvgIpc) is 2.76. The fourth-order valence-electron chi connectivity index (χ4n) is 4.18. The van der Waals surface area contributed by atoms with Gasteiger partial charge in [-0.05, 0) is 51.0 Å². The summed E-state index contributed by atoms with van der Waals surface area (Å²) in [5.74, 6) is -0.758. The molecular formula is C25H31N3O3. The van der Waals surface area contributed by atoms with Crippen LogP contribution in [0.15, 0.2) is 48.5 Å². The first-order chi connectivity index (χ1) is 14.8. The number of nitrogens with one attached hydrogen (secondary N) is 2. The number of amides is 3. The maximum atomic E-state index is 13.7. The van der Waals surface area contributed by atoms with Crippen molar-refractivity contribution in [3.8, 4) is 0 Å². The summed E-state index contributed by atoms with van der Waals surface area (Å²) in [5.41, 5.74) is 2.55. The van der Waals surface area contributed by atoms with Gasteiger partial charge in [-0.15, -0.1) is 0 Å². The largest absolute Gasteiger partial charge is 0.347 e. The van der Waals surface area contributed by atoms with Crippen molar-refractivity contribution in [1.29, 1.82) is 0 Å². The maximum absolute atomic E-state index is 13.7. The molecule has 0 saturated heterocycles. The number of hydrogen-bond acceptors (Lipinski definition) is 3. The Hall–Kier alpha value is -3.15. The number of hydrogen-bond donors (Lipinski definition) is 2. The Morgan fingerprint density at radius 1 is 0.871 bits per heavy atom. The van der Waals surface area contributed by atoms with Crippen molar-refractivity contribution in [3.63, 3.8) is 0 Å². The van der Waals surface area contributed by atoms with Gasteiger partial charge in [0.25, 0.3) is 5.91 Å². The highest BCUT2D eigenvalue weighted by molar-refractivity contribution is 6.09. The Balaban J connectivity index is 2.01. The van der Waals surface area contributed by atoms with Gasteiger partial charge in [-0.1, -0.05) is 54.7 Å². The summed E-state index contributed by atoms with van der Waals surface area (Å²) >= 11 is 0. The van der Waals surface area contributed by atoms with Crippen LogP contribution in [0.2, 0.25) is 0 Å². The van der Waals surface area contributed by atoms with Crippen LogP contribution in [0.25, 0.3) is 0 Å². The molecule has 0 aliphatic heterocycles. The molecule has 2 N–H and O–H groups in total. The van der Waals surface area contributed by atoms with Crippen molar-refractivity contribution in [1.82, 2.24) is 5.32 Å². The lowest BCUT2D eigenvalue weighted by Gasteiger charge is -2.45. The van der Waals surface area contributed by atoms with Gasteiger partial charge < -0.3 is 10.6 Å². The number of nitrogens with zero attached hydrogens (tertiary/aromatic N) is 1. The number of benzene rings is 2. The van der Waals surface area contributed by atoms with Crippen LogP contribution in [-0.4, -0.2) is 29.8 Å². The van der Waals surface area contributed by atoms with Gasteiger partial charge in [-0.3, -0.25) is 19.3 Å². The van der Waals surface area contributed by atoms with E-state index < -0.39 is 5.54 Å². The summed E-state index contributed by atoms with van der Waals surface area (Å²) in [5, 5.41) is 5.64. The van der Waals surface area contributed by atoms with Crippen molar-refractivity contribution in [2.45, 2.75) is 58.4 Å². The third kappa shape index (κ3) is 5.32. The minimum Gasteiger partial charge on any atom is -0.347 e. The zero-order valence-corrected chi connectivity index (χ0v) is 18.5. The molecule has 6 nitrogen and oxygen atoms in total. The van der Waals surface area contributed by atoms with Crippen molar-refractivity contribution in [2.75, 3.05) is 16.8 Å². The van der Waals surface area contributed by atoms with Gasteiger partial charge >= 0.3 is 0 Å². The smallest absolute Gasteiger partial charge is 0.250 e. The number of carbonyl (C=O) groups is 3. The van der Waals surface area contributed by atoms with Gasteiger partial charge in [0.1, 0.15) is 5.54 Å². The highest BCUT2D eigenvalue weighted by Gasteiger charge is 2.47. The lowest BCUT2D eigenvalue weighted by atomic mass is 9.78. The van der Waals surface area contributed by atoms with Crippen molar-refractivity contribution in [2.24, 2.45) is 0 Å². The second-order valence-corrected chi connectivity index (χ2v) is 8.39. The molecule has 6 heteroatoms. The van der Waals surface area contributed by atoms with Crippen LogP contribution < -0.4 is 15.5 Å². The molecule has 31 heavy (non-hydrogen) atoms. The van der Waals surface area contributed by atoms with Gasteiger partial charge in [-0.2, -0.15) is 0 Å². The van der Waals surface area contributed by atoms with Crippen LogP contribution in [0.5, 0.6) is 0 Å². The third-order valence-electron chi connectivity index (χ3n) is 5.87. The molecule has 1 fully saturated rings. The molecule has 0 heterocycles. The third-order valence-corrected chi connectivity index (χ3v) is 5.87. The highest BCUT2D eigenvalue weighted by atomic mass is 16.2. The average molecular weight is 422 g/mol. The highest BCUT2D eigenvalue weighted by Crippen LogP contribution is 2.38. The van der Waals surface area contributed by atoms with Gasteiger partial charge in [0.15, 0.2) is 0 Å². The van der Waals surface area contributed by atoms with E-state index in [2.05, 4.69) is 10.6 Å². The molecule has 0 bridgehead atoms. The molecule has 3 amide bonds. The fraction of sp³-hybridized carbons (Fsp3) is 0.400. The molecule has 3 rings (SSSR count). The number of rotatable bonds is 6. The molecule has 1 aliphatic rings. The zero-order valence-electron chi connectivity index (χ0n) is 18.5. The minimum absolute atomic E-state index is 0.150. The monoisotopic (exact) mass is 421 g/mol. The molecule has 0 spiro atoms. The first-order valence-corrected chi connectivity index (χ1v) is 10.8. The zero-order chi connectivity index (χ0) is 22.4. The van der Waals surface area contributed by atoms with E-state index >= 15 is 0 Å². The summed E-state index contributed by atoms with van der Waals surface area (Å²) in [6.45, 7) is 5.20. The predicted molar refractivity (Wildman–Crippen MR) is 123 cm³/mol. The normalized spacial score (nSPS) is 15.1. The standard InChI is InChI=1S/C25H31N3O3/c1-18-7-11-21(12-8-18)27-24(31)25(15-5-4-6-16-25)28(23(30)17-26-20(3)29)22-13-9-19(2)10-14-22/h7-14H,4-6,15-17H2,1-3H3,(H,26,29)(H,27,31). The molecular weight excluding hydrogens is 390 g/mol. The second kappa shape index (κ2) is 9.77. The Bertz CT molecular complexity index is 929. The Labute approximate surface area is 184 Å². The van der Waals surface area contributed by atoms with E-state index in [0.717, 1.165) is 30.4 Å². The molecule has 2 aromatic carbocycles. The van der Waals surface area contributed by atoms with Crippen LogP contribution in [0.4, 0.5) is 11.4 Å². The molecule has 1 saturated carbocycles. The topological polar surface area (TPSA) is 78.5 Å². The molecule has 0 unspecified atom stereocenters. The second-order valence-electron chi connectivity index (χ2n) is 8.39.